The largest absolute Gasteiger partial charge is 0.480 e. The molecule has 2 rings (SSSR count). The van der Waals surface area contributed by atoms with E-state index in [-0.39, 0.29) is 12.3 Å². The Balaban J connectivity index is 1.98. The van der Waals surface area contributed by atoms with E-state index in [4.69, 9.17) is 0 Å². The van der Waals surface area contributed by atoms with Gasteiger partial charge in [0.25, 0.3) is 0 Å². The monoisotopic (exact) mass is 312 g/mol. The summed E-state index contributed by atoms with van der Waals surface area (Å²) >= 11 is 0. The van der Waals surface area contributed by atoms with Crippen LogP contribution in [0.4, 0.5) is 11.4 Å². The molecule has 0 radical (unpaired) electrons. The van der Waals surface area contributed by atoms with Gasteiger partial charge in [0.2, 0.25) is 5.91 Å². The number of aliphatic carboxylic acids is 1. The number of carboxylic acids is 1. The highest BCUT2D eigenvalue weighted by Gasteiger charge is 2.21. The maximum absolute atomic E-state index is 12.0. The average Bonchev–Trinajstić information content (AvgIpc) is 2.51. The van der Waals surface area contributed by atoms with Gasteiger partial charge < -0.3 is 15.7 Å². The molecule has 0 spiro atoms. The van der Waals surface area contributed by atoms with E-state index in [0.29, 0.717) is 11.4 Å². The van der Waals surface area contributed by atoms with Crippen LogP contribution in [0.15, 0.2) is 48.5 Å². The van der Waals surface area contributed by atoms with Crippen molar-refractivity contribution in [3.8, 4) is 0 Å². The molecule has 1 unspecified atom stereocenters. The number of hydrogen-bond donors (Lipinski definition) is 3. The molecule has 0 fully saturated rings. The van der Waals surface area contributed by atoms with E-state index in [1.54, 1.807) is 24.3 Å². The number of nitrogens with one attached hydrogen (secondary N) is 2. The molecule has 1 atom stereocenters. The van der Waals surface area contributed by atoms with Gasteiger partial charge in [-0.15, -0.1) is 0 Å². The smallest absolute Gasteiger partial charge is 0.326 e. The molecule has 0 aliphatic rings. The summed E-state index contributed by atoms with van der Waals surface area (Å²) < 4.78 is 0. The first kappa shape index (κ1) is 16.5. The molecule has 2 aromatic rings. The van der Waals surface area contributed by atoms with Crippen LogP contribution in [0.25, 0.3) is 0 Å². The Morgan fingerprint density at radius 3 is 1.87 bits per heavy atom. The van der Waals surface area contributed by atoms with Gasteiger partial charge in [0.15, 0.2) is 0 Å². The van der Waals surface area contributed by atoms with Crippen LogP contribution in [0.5, 0.6) is 0 Å². The maximum Gasteiger partial charge on any atom is 0.326 e. The van der Waals surface area contributed by atoms with E-state index in [9.17, 15) is 14.7 Å². The third kappa shape index (κ3) is 5.14. The third-order valence-corrected chi connectivity index (χ3v) is 3.42. The van der Waals surface area contributed by atoms with E-state index in [2.05, 4.69) is 10.6 Å². The van der Waals surface area contributed by atoms with Crippen LogP contribution in [0.3, 0.4) is 0 Å². The van der Waals surface area contributed by atoms with Crippen molar-refractivity contribution in [2.45, 2.75) is 26.3 Å². The summed E-state index contributed by atoms with van der Waals surface area (Å²) in [5.41, 5.74) is 3.50. The van der Waals surface area contributed by atoms with Crippen LogP contribution >= 0.6 is 0 Å². The van der Waals surface area contributed by atoms with Crippen LogP contribution in [0.1, 0.15) is 17.5 Å². The van der Waals surface area contributed by atoms with Crippen molar-refractivity contribution >= 4 is 23.3 Å². The molecule has 0 heterocycles. The zero-order chi connectivity index (χ0) is 16.8. The molecule has 3 N–H and O–H groups in total. The summed E-state index contributed by atoms with van der Waals surface area (Å²) in [6.45, 7) is 3.91. The van der Waals surface area contributed by atoms with Crippen molar-refractivity contribution in [1.82, 2.24) is 0 Å². The minimum absolute atomic E-state index is 0.156. The van der Waals surface area contributed by atoms with Crippen LogP contribution in [0.2, 0.25) is 0 Å². The lowest BCUT2D eigenvalue weighted by molar-refractivity contribution is -0.139. The molecule has 23 heavy (non-hydrogen) atoms. The lowest BCUT2D eigenvalue weighted by Crippen LogP contribution is -2.33. The first-order chi connectivity index (χ1) is 10.9. The Morgan fingerprint density at radius 2 is 1.39 bits per heavy atom. The SMILES string of the molecule is Cc1ccc(NC(=O)CC(Nc2ccc(C)cc2)C(=O)O)cc1. The fraction of sp³-hybridized carbons (Fsp3) is 0.222. The van der Waals surface area contributed by atoms with Crippen molar-refractivity contribution in [2.75, 3.05) is 10.6 Å². The summed E-state index contributed by atoms with van der Waals surface area (Å²) in [7, 11) is 0. The van der Waals surface area contributed by atoms with E-state index >= 15 is 0 Å². The predicted octanol–water partition coefficient (Wildman–Crippen LogP) is 3.20. The number of hydrogen-bond acceptors (Lipinski definition) is 3. The Morgan fingerprint density at radius 1 is 0.913 bits per heavy atom. The van der Waals surface area contributed by atoms with Gasteiger partial charge in [0, 0.05) is 11.4 Å². The van der Waals surface area contributed by atoms with Crippen LogP contribution < -0.4 is 10.6 Å². The number of rotatable bonds is 6. The zero-order valence-electron chi connectivity index (χ0n) is 13.2. The van der Waals surface area contributed by atoms with Gasteiger partial charge in [-0.2, -0.15) is 0 Å². The Hall–Kier alpha value is -2.82. The van der Waals surface area contributed by atoms with Crippen molar-refractivity contribution in [3.63, 3.8) is 0 Å². The van der Waals surface area contributed by atoms with Crippen molar-refractivity contribution in [2.24, 2.45) is 0 Å². The minimum atomic E-state index is -1.07. The molecule has 0 bridgehead atoms. The van der Waals surface area contributed by atoms with Crippen molar-refractivity contribution in [3.05, 3.63) is 59.7 Å². The highest BCUT2D eigenvalue weighted by Crippen LogP contribution is 2.13. The molecule has 120 valence electrons. The molecular formula is C18H20N2O3. The molecule has 0 aliphatic heterocycles. The maximum atomic E-state index is 12.0. The summed E-state index contributed by atoms with van der Waals surface area (Å²) in [5.74, 6) is -1.41. The summed E-state index contributed by atoms with van der Waals surface area (Å²) in [6.07, 6.45) is -0.156. The van der Waals surface area contributed by atoms with Gasteiger partial charge in [-0.1, -0.05) is 35.4 Å². The molecule has 0 saturated heterocycles. The van der Waals surface area contributed by atoms with Crippen molar-refractivity contribution in [1.29, 1.82) is 0 Å². The molecule has 1 amide bonds. The Bertz CT molecular complexity index is 678. The van der Waals surface area contributed by atoms with Gasteiger partial charge in [-0.3, -0.25) is 4.79 Å². The van der Waals surface area contributed by atoms with Crippen molar-refractivity contribution < 1.29 is 14.7 Å². The number of carbonyl (C=O) groups is 2. The molecule has 5 nitrogen and oxygen atoms in total. The fourth-order valence-corrected chi connectivity index (χ4v) is 2.09. The lowest BCUT2D eigenvalue weighted by Gasteiger charge is -2.16. The molecule has 0 aromatic heterocycles. The van der Waals surface area contributed by atoms with Gasteiger partial charge >= 0.3 is 5.97 Å². The Labute approximate surface area is 135 Å². The highest BCUT2D eigenvalue weighted by atomic mass is 16.4. The quantitative estimate of drug-likeness (QED) is 0.765. The predicted molar refractivity (Wildman–Crippen MR) is 90.7 cm³/mol. The van der Waals surface area contributed by atoms with Gasteiger partial charge in [0.05, 0.1) is 6.42 Å². The third-order valence-electron chi connectivity index (χ3n) is 3.42. The first-order valence-electron chi connectivity index (χ1n) is 7.36. The number of carbonyl (C=O) groups excluding carboxylic acids is 1. The van der Waals surface area contributed by atoms with E-state index < -0.39 is 12.0 Å². The van der Waals surface area contributed by atoms with Gasteiger partial charge in [-0.05, 0) is 38.1 Å². The fourth-order valence-electron chi connectivity index (χ4n) is 2.09. The topological polar surface area (TPSA) is 78.4 Å². The van der Waals surface area contributed by atoms with E-state index in [1.165, 1.54) is 0 Å². The van der Waals surface area contributed by atoms with E-state index in [1.807, 2.05) is 38.1 Å². The number of aryl methyl sites for hydroxylation is 2. The van der Waals surface area contributed by atoms with Gasteiger partial charge in [0.1, 0.15) is 6.04 Å². The molecular weight excluding hydrogens is 292 g/mol. The number of amides is 1. The number of benzene rings is 2. The molecule has 5 heteroatoms. The van der Waals surface area contributed by atoms with Crippen LogP contribution in [-0.4, -0.2) is 23.0 Å². The lowest BCUT2D eigenvalue weighted by atomic mass is 10.1. The molecule has 2 aromatic carbocycles. The van der Waals surface area contributed by atoms with Crippen LogP contribution in [-0.2, 0) is 9.59 Å². The van der Waals surface area contributed by atoms with E-state index in [0.717, 1.165) is 11.1 Å². The second-order valence-electron chi connectivity index (χ2n) is 5.52. The molecule has 0 saturated carbocycles. The Kier molecular flexibility index (Phi) is 5.36. The van der Waals surface area contributed by atoms with Crippen LogP contribution in [0, 0.1) is 13.8 Å². The number of carboxylic acid groups (broad SMARTS) is 1. The first-order valence-corrected chi connectivity index (χ1v) is 7.36. The van der Waals surface area contributed by atoms with Gasteiger partial charge in [-0.25, -0.2) is 4.79 Å². The minimum Gasteiger partial charge on any atom is -0.480 e. The summed E-state index contributed by atoms with van der Waals surface area (Å²) in [5, 5.41) is 14.9. The molecule has 0 aliphatic carbocycles. The summed E-state index contributed by atoms with van der Waals surface area (Å²) in [4.78, 5) is 23.4. The highest BCUT2D eigenvalue weighted by molar-refractivity contribution is 5.94. The standard InChI is InChI=1S/C18H20N2O3/c1-12-3-7-14(8-4-12)19-16(18(22)23)11-17(21)20-15-9-5-13(2)6-10-15/h3-10,16,19H,11H2,1-2H3,(H,20,21)(H,22,23). The average molecular weight is 312 g/mol. The number of anilines is 2. The second kappa shape index (κ2) is 7.45. The zero-order valence-corrected chi connectivity index (χ0v) is 13.2. The second-order valence-corrected chi connectivity index (χ2v) is 5.52. The normalized spacial score (nSPS) is 11.6. The summed E-state index contributed by atoms with van der Waals surface area (Å²) in [6, 6.07) is 13.7.